The van der Waals surface area contributed by atoms with Crippen LogP contribution in [-0.4, -0.2) is 58.5 Å². The molecular formula is C18H24N2O4. The molecule has 2 heterocycles. The number of benzene rings is 1. The van der Waals surface area contributed by atoms with Gasteiger partial charge in [0.1, 0.15) is 5.60 Å². The number of fused-ring (bicyclic) bond motifs is 1. The first-order valence-corrected chi connectivity index (χ1v) is 8.37. The van der Waals surface area contributed by atoms with E-state index in [1.807, 2.05) is 19.9 Å². The van der Waals surface area contributed by atoms with E-state index >= 15 is 0 Å². The van der Waals surface area contributed by atoms with Crippen molar-refractivity contribution in [1.29, 1.82) is 0 Å². The second kappa shape index (κ2) is 6.00. The highest BCUT2D eigenvalue weighted by atomic mass is 16.5. The van der Waals surface area contributed by atoms with Crippen LogP contribution in [0.5, 0.6) is 11.5 Å². The van der Waals surface area contributed by atoms with E-state index in [0.717, 1.165) is 12.0 Å². The first kappa shape index (κ1) is 16.6. The molecule has 130 valence electrons. The Labute approximate surface area is 142 Å². The van der Waals surface area contributed by atoms with Crippen molar-refractivity contribution in [1.82, 2.24) is 9.80 Å². The van der Waals surface area contributed by atoms with Crippen LogP contribution in [0.25, 0.3) is 0 Å². The van der Waals surface area contributed by atoms with Gasteiger partial charge in [0.05, 0.1) is 5.56 Å². The molecular weight excluding hydrogens is 308 g/mol. The monoisotopic (exact) mass is 332 g/mol. The molecule has 1 saturated heterocycles. The minimum absolute atomic E-state index is 0.0281. The van der Waals surface area contributed by atoms with E-state index in [9.17, 15) is 14.7 Å². The zero-order chi connectivity index (χ0) is 17.5. The molecule has 0 radical (unpaired) electrons. The van der Waals surface area contributed by atoms with Crippen molar-refractivity contribution in [3.63, 3.8) is 0 Å². The second-order valence-electron chi connectivity index (χ2n) is 7.14. The van der Waals surface area contributed by atoms with E-state index in [2.05, 4.69) is 0 Å². The highest BCUT2D eigenvalue weighted by molar-refractivity contribution is 5.98. The third-order valence-corrected chi connectivity index (χ3v) is 4.67. The van der Waals surface area contributed by atoms with Gasteiger partial charge in [-0.1, -0.05) is 6.07 Å². The molecule has 0 aliphatic carbocycles. The van der Waals surface area contributed by atoms with Crippen molar-refractivity contribution < 1.29 is 19.4 Å². The van der Waals surface area contributed by atoms with Crippen LogP contribution in [0.15, 0.2) is 12.1 Å². The van der Waals surface area contributed by atoms with Gasteiger partial charge in [0.15, 0.2) is 11.5 Å². The summed E-state index contributed by atoms with van der Waals surface area (Å²) in [6, 6.07) is 3.53. The Hall–Kier alpha value is -2.24. The average molecular weight is 332 g/mol. The molecule has 2 aliphatic heterocycles. The summed E-state index contributed by atoms with van der Waals surface area (Å²) in [5.41, 5.74) is 0.821. The highest BCUT2D eigenvalue weighted by Crippen LogP contribution is 2.43. The van der Waals surface area contributed by atoms with Gasteiger partial charge in [-0.25, -0.2) is 0 Å². The van der Waals surface area contributed by atoms with Gasteiger partial charge >= 0.3 is 0 Å². The van der Waals surface area contributed by atoms with Crippen LogP contribution >= 0.6 is 0 Å². The first-order valence-electron chi connectivity index (χ1n) is 8.37. The van der Waals surface area contributed by atoms with Crippen LogP contribution in [0.2, 0.25) is 0 Å². The summed E-state index contributed by atoms with van der Waals surface area (Å²) < 4.78 is 5.80. The standard InChI is InChI=1S/C18H24N2O4/c1-12(21)19-7-4-8-20(10-9-19)17(23)14-6-5-13-11-18(2,3)24-16(13)15(14)22/h5-6,22H,4,7-11H2,1-3H3. The SMILES string of the molecule is CC(=O)N1CCCN(C(=O)c2ccc3c(c2O)OC(C)(C)C3)CC1. The number of aromatic hydroxyl groups is 1. The maximum Gasteiger partial charge on any atom is 0.257 e. The molecule has 0 saturated carbocycles. The quantitative estimate of drug-likeness (QED) is 0.851. The van der Waals surface area contributed by atoms with Gasteiger partial charge in [0.25, 0.3) is 5.91 Å². The fourth-order valence-corrected chi connectivity index (χ4v) is 3.42. The Morgan fingerprint density at radius 1 is 1.12 bits per heavy atom. The molecule has 1 N–H and O–H groups in total. The van der Waals surface area contributed by atoms with Crippen molar-refractivity contribution >= 4 is 11.8 Å². The Morgan fingerprint density at radius 2 is 1.79 bits per heavy atom. The lowest BCUT2D eigenvalue weighted by Crippen LogP contribution is -2.36. The number of nitrogens with zero attached hydrogens (tertiary/aromatic N) is 2. The van der Waals surface area contributed by atoms with E-state index in [0.29, 0.717) is 38.3 Å². The fraction of sp³-hybridized carbons (Fsp3) is 0.556. The number of phenols is 1. The third-order valence-electron chi connectivity index (χ3n) is 4.67. The van der Waals surface area contributed by atoms with E-state index in [-0.39, 0.29) is 28.7 Å². The predicted molar refractivity (Wildman–Crippen MR) is 89.3 cm³/mol. The van der Waals surface area contributed by atoms with Crippen molar-refractivity contribution in [2.24, 2.45) is 0 Å². The normalized spacial score (nSPS) is 19.5. The van der Waals surface area contributed by atoms with Crippen molar-refractivity contribution in [2.75, 3.05) is 26.2 Å². The molecule has 1 aromatic rings. The molecule has 3 rings (SSSR count). The lowest BCUT2D eigenvalue weighted by molar-refractivity contribution is -0.128. The number of phenolic OH excluding ortho intramolecular Hbond substituents is 1. The Balaban J connectivity index is 1.80. The minimum Gasteiger partial charge on any atom is -0.504 e. The molecule has 0 atom stereocenters. The molecule has 24 heavy (non-hydrogen) atoms. The van der Waals surface area contributed by atoms with Crippen LogP contribution in [0.4, 0.5) is 0 Å². The molecule has 1 fully saturated rings. The predicted octanol–water partition coefficient (Wildman–Crippen LogP) is 1.80. The van der Waals surface area contributed by atoms with Crippen molar-refractivity contribution in [3.8, 4) is 11.5 Å². The Morgan fingerprint density at radius 3 is 2.50 bits per heavy atom. The van der Waals surface area contributed by atoms with Crippen LogP contribution in [0.1, 0.15) is 43.1 Å². The summed E-state index contributed by atoms with van der Waals surface area (Å²) in [6.07, 6.45) is 1.45. The summed E-state index contributed by atoms with van der Waals surface area (Å²) in [5, 5.41) is 10.5. The average Bonchev–Trinajstić information content (AvgIpc) is 2.70. The molecule has 6 heteroatoms. The van der Waals surface area contributed by atoms with E-state index in [1.165, 1.54) is 0 Å². The van der Waals surface area contributed by atoms with Crippen LogP contribution in [0.3, 0.4) is 0 Å². The molecule has 0 spiro atoms. The van der Waals surface area contributed by atoms with Crippen LogP contribution in [0, 0.1) is 0 Å². The third kappa shape index (κ3) is 3.05. The number of hydrogen-bond acceptors (Lipinski definition) is 4. The number of amides is 2. The van der Waals surface area contributed by atoms with Gasteiger partial charge < -0.3 is 19.6 Å². The smallest absolute Gasteiger partial charge is 0.257 e. The molecule has 0 bridgehead atoms. The molecule has 1 aromatic carbocycles. The van der Waals surface area contributed by atoms with Gasteiger partial charge in [0, 0.05) is 45.1 Å². The largest absolute Gasteiger partial charge is 0.504 e. The van der Waals surface area contributed by atoms with Gasteiger partial charge in [-0.15, -0.1) is 0 Å². The van der Waals surface area contributed by atoms with E-state index in [1.54, 1.807) is 22.8 Å². The lowest BCUT2D eigenvalue weighted by Gasteiger charge is -2.22. The number of carbonyl (C=O) groups excluding carboxylic acids is 2. The molecule has 2 amide bonds. The van der Waals surface area contributed by atoms with Crippen molar-refractivity contribution in [3.05, 3.63) is 23.3 Å². The van der Waals surface area contributed by atoms with Crippen LogP contribution < -0.4 is 4.74 Å². The van der Waals surface area contributed by atoms with Gasteiger partial charge in [-0.05, 0) is 26.3 Å². The first-order chi connectivity index (χ1) is 11.3. The zero-order valence-electron chi connectivity index (χ0n) is 14.5. The fourth-order valence-electron chi connectivity index (χ4n) is 3.42. The van der Waals surface area contributed by atoms with E-state index < -0.39 is 0 Å². The van der Waals surface area contributed by atoms with Crippen LogP contribution in [-0.2, 0) is 11.2 Å². The molecule has 6 nitrogen and oxygen atoms in total. The van der Waals surface area contributed by atoms with E-state index in [4.69, 9.17) is 4.74 Å². The maximum atomic E-state index is 12.8. The number of hydrogen-bond donors (Lipinski definition) is 1. The van der Waals surface area contributed by atoms with Gasteiger partial charge in [-0.2, -0.15) is 0 Å². The second-order valence-corrected chi connectivity index (χ2v) is 7.14. The van der Waals surface area contributed by atoms with Crippen molar-refractivity contribution in [2.45, 2.75) is 39.2 Å². The summed E-state index contributed by atoms with van der Waals surface area (Å²) in [4.78, 5) is 27.8. The molecule has 2 aliphatic rings. The van der Waals surface area contributed by atoms with Gasteiger partial charge in [-0.3, -0.25) is 9.59 Å². The summed E-state index contributed by atoms with van der Waals surface area (Å²) >= 11 is 0. The highest BCUT2D eigenvalue weighted by Gasteiger charge is 2.34. The maximum absolute atomic E-state index is 12.8. The number of carbonyl (C=O) groups is 2. The Kier molecular flexibility index (Phi) is 4.15. The lowest BCUT2D eigenvalue weighted by atomic mass is 10.00. The number of ether oxygens (including phenoxy) is 1. The zero-order valence-corrected chi connectivity index (χ0v) is 14.5. The topological polar surface area (TPSA) is 70.1 Å². The van der Waals surface area contributed by atoms with Gasteiger partial charge in [0.2, 0.25) is 5.91 Å². The Bertz CT molecular complexity index is 684. The summed E-state index contributed by atoms with van der Waals surface area (Å²) in [7, 11) is 0. The molecule has 0 aromatic heterocycles. The number of rotatable bonds is 1. The molecule has 0 unspecified atom stereocenters. The summed E-state index contributed by atoms with van der Waals surface area (Å²) in [5.74, 6) is 0.163. The minimum atomic E-state index is -0.369. The summed E-state index contributed by atoms with van der Waals surface area (Å²) in [6.45, 7) is 7.69.